The van der Waals surface area contributed by atoms with E-state index in [9.17, 15) is 0 Å². The summed E-state index contributed by atoms with van der Waals surface area (Å²) in [5, 5.41) is 0. The van der Waals surface area contributed by atoms with Crippen LogP contribution in [0.25, 0.3) is 6.08 Å². The fraction of sp³-hybridized carbons (Fsp3) is 0.125. The second-order valence-corrected chi connectivity index (χ2v) is 6.57. The molecule has 1 heteroatoms. The first-order valence-corrected chi connectivity index (χ1v) is 8.71. The van der Waals surface area contributed by atoms with Crippen LogP contribution in [0.1, 0.15) is 42.0 Å². The van der Waals surface area contributed by atoms with Crippen LogP contribution in [0.3, 0.4) is 0 Å². The summed E-state index contributed by atoms with van der Waals surface area (Å²) in [7, 11) is 0. The highest BCUT2D eigenvalue weighted by molar-refractivity contribution is 6.02. The Morgan fingerprint density at radius 2 is 1.40 bits per heavy atom. The molecule has 0 fully saturated rings. The number of fused-ring (bicyclic) bond motifs is 1. The fourth-order valence-electron chi connectivity index (χ4n) is 3.73. The molecule has 0 saturated heterocycles. The molecule has 3 aromatic rings. The lowest BCUT2D eigenvalue weighted by Gasteiger charge is -2.19. The SMILES string of the molecule is CC1=Cc2ccccc2C1c1ccccc1C(C)=Nc1ccccc1. The molecule has 4 rings (SSSR count). The Hall–Kier alpha value is -2.93. The summed E-state index contributed by atoms with van der Waals surface area (Å²) < 4.78 is 0. The van der Waals surface area contributed by atoms with E-state index in [-0.39, 0.29) is 0 Å². The lowest BCUT2D eigenvalue weighted by molar-refractivity contribution is 0.972. The predicted octanol–water partition coefficient (Wildman–Crippen LogP) is 6.38. The third-order valence-electron chi connectivity index (χ3n) is 4.86. The van der Waals surface area contributed by atoms with E-state index in [1.54, 1.807) is 0 Å². The fourth-order valence-corrected chi connectivity index (χ4v) is 3.73. The lowest BCUT2D eigenvalue weighted by atomic mass is 9.85. The van der Waals surface area contributed by atoms with Gasteiger partial charge in [0.15, 0.2) is 0 Å². The molecule has 0 aromatic heterocycles. The third-order valence-corrected chi connectivity index (χ3v) is 4.86. The standard InChI is InChI=1S/C24H21N/c1-17-16-19-10-6-7-14-22(19)24(17)23-15-9-8-13-21(23)18(2)25-20-11-4-3-5-12-20/h3-16,24H,1-2H3. The van der Waals surface area contributed by atoms with Gasteiger partial charge in [-0.2, -0.15) is 0 Å². The zero-order valence-electron chi connectivity index (χ0n) is 14.6. The maximum atomic E-state index is 4.84. The van der Waals surface area contributed by atoms with Gasteiger partial charge in [0.05, 0.1) is 5.69 Å². The maximum absolute atomic E-state index is 4.84. The molecule has 0 bridgehead atoms. The number of hydrogen-bond acceptors (Lipinski definition) is 1. The van der Waals surface area contributed by atoms with E-state index in [4.69, 9.17) is 4.99 Å². The average molecular weight is 323 g/mol. The first-order valence-electron chi connectivity index (χ1n) is 8.71. The van der Waals surface area contributed by atoms with Crippen molar-refractivity contribution in [3.63, 3.8) is 0 Å². The minimum atomic E-state index is 0.313. The van der Waals surface area contributed by atoms with Crippen molar-refractivity contribution in [3.05, 3.63) is 107 Å². The van der Waals surface area contributed by atoms with Crippen molar-refractivity contribution in [1.29, 1.82) is 0 Å². The van der Waals surface area contributed by atoms with Crippen LogP contribution in [0.2, 0.25) is 0 Å². The second kappa shape index (κ2) is 6.52. The highest BCUT2D eigenvalue weighted by Gasteiger charge is 2.26. The molecule has 0 aliphatic heterocycles. The van der Waals surface area contributed by atoms with Crippen LogP contribution in [0.15, 0.2) is 89.4 Å². The van der Waals surface area contributed by atoms with Gasteiger partial charge in [0, 0.05) is 11.6 Å². The van der Waals surface area contributed by atoms with Gasteiger partial charge in [-0.3, -0.25) is 4.99 Å². The zero-order chi connectivity index (χ0) is 17.2. The summed E-state index contributed by atoms with van der Waals surface area (Å²) in [6, 6.07) is 27.5. The van der Waals surface area contributed by atoms with Gasteiger partial charge in [-0.1, -0.05) is 78.4 Å². The largest absolute Gasteiger partial charge is 0.253 e. The normalized spacial score (nSPS) is 16.5. The number of hydrogen-bond donors (Lipinski definition) is 0. The van der Waals surface area contributed by atoms with Crippen LogP contribution >= 0.6 is 0 Å². The van der Waals surface area contributed by atoms with Crippen LogP contribution in [-0.2, 0) is 0 Å². The van der Waals surface area contributed by atoms with Crippen LogP contribution in [0.5, 0.6) is 0 Å². The molecule has 1 unspecified atom stereocenters. The molecule has 0 radical (unpaired) electrons. The van der Waals surface area contributed by atoms with Gasteiger partial charge >= 0.3 is 0 Å². The summed E-state index contributed by atoms with van der Waals surface area (Å²) in [5.41, 5.74) is 8.71. The molecule has 0 saturated carbocycles. The molecule has 1 nitrogen and oxygen atoms in total. The molecule has 122 valence electrons. The number of rotatable bonds is 3. The molecule has 3 aromatic carbocycles. The highest BCUT2D eigenvalue weighted by atomic mass is 14.7. The summed E-state index contributed by atoms with van der Waals surface area (Å²) in [4.78, 5) is 4.84. The number of benzene rings is 3. The summed E-state index contributed by atoms with van der Waals surface area (Å²) >= 11 is 0. The number of aliphatic imine (C=N–C) groups is 1. The summed E-state index contributed by atoms with van der Waals surface area (Å²) in [6.07, 6.45) is 2.31. The van der Waals surface area contributed by atoms with Gasteiger partial charge < -0.3 is 0 Å². The monoisotopic (exact) mass is 323 g/mol. The molecule has 1 aliphatic rings. The number of nitrogens with zero attached hydrogens (tertiary/aromatic N) is 1. The summed E-state index contributed by atoms with van der Waals surface area (Å²) in [5.74, 6) is 0.313. The van der Waals surface area contributed by atoms with Crippen molar-refractivity contribution in [3.8, 4) is 0 Å². The van der Waals surface area contributed by atoms with Gasteiger partial charge in [0.1, 0.15) is 0 Å². The van der Waals surface area contributed by atoms with Crippen LogP contribution in [-0.4, -0.2) is 5.71 Å². The van der Waals surface area contributed by atoms with Crippen molar-refractivity contribution in [2.75, 3.05) is 0 Å². The topological polar surface area (TPSA) is 12.4 Å². The molecule has 0 spiro atoms. The van der Waals surface area contributed by atoms with Crippen LogP contribution in [0, 0.1) is 0 Å². The van der Waals surface area contributed by atoms with Gasteiger partial charge in [0.25, 0.3) is 0 Å². The van der Waals surface area contributed by atoms with Crippen molar-refractivity contribution in [1.82, 2.24) is 0 Å². The Kier molecular flexibility index (Phi) is 4.07. The second-order valence-electron chi connectivity index (χ2n) is 6.57. The number of allylic oxidation sites excluding steroid dienone is 1. The minimum absolute atomic E-state index is 0.313. The maximum Gasteiger partial charge on any atom is 0.0633 e. The Morgan fingerprint density at radius 1 is 0.760 bits per heavy atom. The van der Waals surface area contributed by atoms with E-state index < -0.39 is 0 Å². The third kappa shape index (κ3) is 2.94. The first kappa shape index (κ1) is 15.6. The predicted molar refractivity (Wildman–Crippen MR) is 107 cm³/mol. The lowest BCUT2D eigenvalue weighted by Crippen LogP contribution is -2.07. The van der Waals surface area contributed by atoms with Gasteiger partial charge in [-0.25, -0.2) is 0 Å². The zero-order valence-corrected chi connectivity index (χ0v) is 14.6. The molecular formula is C24H21N. The van der Waals surface area contributed by atoms with E-state index in [0.29, 0.717) is 5.92 Å². The molecular weight excluding hydrogens is 302 g/mol. The van der Waals surface area contributed by atoms with Crippen molar-refractivity contribution in [2.24, 2.45) is 4.99 Å². The van der Waals surface area contributed by atoms with E-state index in [1.807, 2.05) is 30.3 Å². The van der Waals surface area contributed by atoms with Crippen molar-refractivity contribution >= 4 is 17.5 Å². The Labute approximate surface area is 149 Å². The smallest absolute Gasteiger partial charge is 0.0633 e. The summed E-state index contributed by atoms with van der Waals surface area (Å²) in [6.45, 7) is 4.33. The molecule has 1 atom stereocenters. The first-order chi connectivity index (χ1) is 12.2. The van der Waals surface area contributed by atoms with Crippen LogP contribution < -0.4 is 0 Å². The number of para-hydroxylation sites is 1. The van der Waals surface area contributed by atoms with E-state index >= 15 is 0 Å². The van der Waals surface area contributed by atoms with Gasteiger partial charge in [0.2, 0.25) is 0 Å². The van der Waals surface area contributed by atoms with Gasteiger partial charge in [-0.05, 0) is 48.2 Å². The quantitative estimate of drug-likeness (QED) is 0.496. The Morgan fingerprint density at radius 3 is 2.20 bits per heavy atom. The average Bonchev–Trinajstić information content (AvgIpc) is 2.98. The van der Waals surface area contributed by atoms with Crippen LogP contribution in [0.4, 0.5) is 5.69 Å². The van der Waals surface area contributed by atoms with Crippen molar-refractivity contribution in [2.45, 2.75) is 19.8 Å². The minimum Gasteiger partial charge on any atom is -0.253 e. The van der Waals surface area contributed by atoms with E-state index in [1.165, 1.54) is 27.8 Å². The molecule has 0 amide bonds. The molecule has 25 heavy (non-hydrogen) atoms. The van der Waals surface area contributed by atoms with E-state index in [2.05, 4.69) is 68.5 Å². The van der Waals surface area contributed by atoms with E-state index in [0.717, 1.165) is 11.4 Å². The Bertz CT molecular complexity index is 964. The molecule has 0 heterocycles. The van der Waals surface area contributed by atoms with Gasteiger partial charge in [-0.15, -0.1) is 0 Å². The molecule has 1 aliphatic carbocycles. The Balaban J connectivity index is 1.81. The molecule has 0 N–H and O–H groups in total. The van der Waals surface area contributed by atoms with Crippen molar-refractivity contribution < 1.29 is 0 Å². The highest BCUT2D eigenvalue weighted by Crippen LogP contribution is 2.41.